The van der Waals surface area contributed by atoms with Gasteiger partial charge in [0.05, 0.1) is 6.07 Å². The number of hydrogen-bond acceptors (Lipinski definition) is 3. The van der Waals surface area contributed by atoms with Crippen molar-refractivity contribution in [2.45, 2.75) is 20.3 Å². The van der Waals surface area contributed by atoms with Gasteiger partial charge in [-0.05, 0) is 20.0 Å². The highest BCUT2D eigenvalue weighted by molar-refractivity contribution is 5.78. The number of nitriles is 1. The Morgan fingerprint density at radius 3 is 2.33 bits per heavy atom. The Kier molecular flexibility index (Phi) is 6.72. The van der Waals surface area contributed by atoms with Crippen molar-refractivity contribution in [1.82, 2.24) is 9.80 Å². The highest BCUT2D eigenvalue weighted by atomic mass is 16.2. The lowest BCUT2D eigenvalue weighted by Crippen LogP contribution is -2.38. The topological polar surface area (TPSA) is 47.3 Å². The smallest absolute Gasteiger partial charge is 0.236 e. The summed E-state index contributed by atoms with van der Waals surface area (Å²) in [5, 5.41) is 8.49. The van der Waals surface area contributed by atoms with Crippen LogP contribution in [0.3, 0.4) is 0 Å². The summed E-state index contributed by atoms with van der Waals surface area (Å²) in [5.74, 6) is 0.378. The third-order valence-corrected chi connectivity index (χ3v) is 1.99. The average Bonchev–Trinajstić information content (AvgIpc) is 2.11. The molecule has 1 amide bonds. The standard InChI is InChI=1S/C11H21N3O/c1-10(2)9-14(8-7-13(3)4)11(15)5-6-12/h10H,5,7-9H2,1-4H3. The van der Waals surface area contributed by atoms with E-state index < -0.39 is 0 Å². The molecule has 0 heterocycles. The third kappa shape index (κ3) is 6.92. The fraction of sp³-hybridized carbons (Fsp3) is 0.818. The highest BCUT2D eigenvalue weighted by Crippen LogP contribution is 2.01. The molecule has 4 heteroatoms. The lowest BCUT2D eigenvalue weighted by atomic mass is 10.2. The Labute approximate surface area is 92.5 Å². The molecule has 0 saturated heterocycles. The van der Waals surface area contributed by atoms with Gasteiger partial charge in [-0.1, -0.05) is 13.8 Å². The van der Waals surface area contributed by atoms with Crippen molar-refractivity contribution in [3.8, 4) is 6.07 Å². The summed E-state index contributed by atoms with van der Waals surface area (Å²) in [4.78, 5) is 15.4. The molecule has 0 atom stereocenters. The van der Waals surface area contributed by atoms with E-state index in [1.807, 2.05) is 25.1 Å². The molecule has 0 aromatic carbocycles. The van der Waals surface area contributed by atoms with E-state index in [1.165, 1.54) is 0 Å². The molecule has 0 aromatic heterocycles. The van der Waals surface area contributed by atoms with Gasteiger partial charge < -0.3 is 9.80 Å². The van der Waals surface area contributed by atoms with E-state index in [-0.39, 0.29) is 12.3 Å². The lowest BCUT2D eigenvalue weighted by molar-refractivity contribution is -0.130. The van der Waals surface area contributed by atoms with E-state index in [0.29, 0.717) is 12.5 Å². The van der Waals surface area contributed by atoms with Gasteiger partial charge in [-0.15, -0.1) is 0 Å². The largest absolute Gasteiger partial charge is 0.340 e. The maximum atomic E-state index is 11.6. The summed E-state index contributed by atoms with van der Waals surface area (Å²) in [7, 11) is 3.95. The second-order valence-electron chi connectivity index (χ2n) is 4.37. The number of carbonyl (C=O) groups excluding carboxylic acids is 1. The zero-order valence-electron chi connectivity index (χ0n) is 10.2. The second kappa shape index (κ2) is 7.24. The van der Waals surface area contributed by atoms with Crippen molar-refractivity contribution in [2.24, 2.45) is 5.92 Å². The van der Waals surface area contributed by atoms with Crippen LogP contribution in [0.4, 0.5) is 0 Å². The van der Waals surface area contributed by atoms with Crippen LogP contribution in [0.15, 0.2) is 0 Å². The van der Waals surface area contributed by atoms with E-state index in [9.17, 15) is 4.79 Å². The molecule has 0 N–H and O–H groups in total. The third-order valence-electron chi connectivity index (χ3n) is 1.99. The van der Waals surface area contributed by atoms with Crippen LogP contribution < -0.4 is 0 Å². The SMILES string of the molecule is CC(C)CN(CCN(C)C)C(=O)CC#N. The number of amides is 1. The van der Waals surface area contributed by atoms with Gasteiger partial charge in [0, 0.05) is 19.6 Å². The van der Waals surface area contributed by atoms with Gasteiger partial charge in [0.1, 0.15) is 6.42 Å². The van der Waals surface area contributed by atoms with Crippen LogP contribution >= 0.6 is 0 Å². The lowest BCUT2D eigenvalue weighted by Gasteiger charge is -2.25. The summed E-state index contributed by atoms with van der Waals surface area (Å²) in [5.41, 5.74) is 0. The molecule has 0 spiro atoms. The molecule has 0 aromatic rings. The predicted octanol–water partition coefficient (Wildman–Crippen LogP) is 0.946. The number of rotatable bonds is 6. The Balaban J connectivity index is 4.18. The van der Waals surface area contributed by atoms with Gasteiger partial charge in [0.15, 0.2) is 0 Å². The summed E-state index contributed by atoms with van der Waals surface area (Å²) >= 11 is 0. The fourth-order valence-corrected chi connectivity index (χ4v) is 1.26. The van der Waals surface area contributed by atoms with Crippen LogP contribution in [0, 0.1) is 17.2 Å². The number of hydrogen-bond donors (Lipinski definition) is 0. The van der Waals surface area contributed by atoms with Crippen LogP contribution in [0.1, 0.15) is 20.3 Å². The molecule has 15 heavy (non-hydrogen) atoms. The predicted molar refractivity (Wildman–Crippen MR) is 60.2 cm³/mol. The maximum absolute atomic E-state index is 11.6. The highest BCUT2D eigenvalue weighted by Gasteiger charge is 2.14. The number of carbonyl (C=O) groups is 1. The molecule has 0 aliphatic rings. The Bertz CT molecular complexity index is 230. The minimum atomic E-state index is -0.0620. The molecule has 0 unspecified atom stereocenters. The minimum absolute atomic E-state index is 0.0137. The monoisotopic (exact) mass is 211 g/mol. The summed E-state index contributed by atoms with van der Waals surface area (Å²) < 4.78 is 0. The van der Waals surface area contributed by atoms with Gasteiger partial charge in [-0.2, -0.15) is 5.26 Å². The number of nitrogens with zero attached hydrogens (tertiary/aromatic N) is 3. The summed E-state index contributed by atoms with van der Waals surface area (Å²) in [6.45, 7) is 6.41. The van der Waals surface area contributed by atoms with Crippen molar-refractivity contribution in [2.75, 3.05) is 33.7 Å². The van der Waals surface area contributed by atoms with Crippen LogP contribution in [0.25, 0.3) is 0 Å². The fourth-order valence-electron chi connectivity index (χ4n) is 1.26. The first kappa shape index (κ1) is 13.9. The second-order valence-corrected chi connectivity index (χ2v) is 4.37. The normalized spacial score (nSPS) is 10.5. The van der Waals surface area contributed by atoms with Gasteiger partial charge in [-0.25, -0.2) is 0 Å². The van der Waals surface area contributed by atoms with Crippen molar-refractivity contribution >= 4 is 5.91 Å². The molecule has 0 fully saturated rings. The molecule has 4 nitrogen and oxygen atoms in total. The van der Waals surface area contributed by atoms with Crippen molar-refractivity contribution in [3.63, 3.8) is 0 Å². The molecule has 86 valence electrons. The zero-order chi connectivity index (χ0) is 11.8. The molecule has 0 radical (unpaired) electrons. The van der Waals surface area contributed by atoms with Gasteiger partial charge in [0.25, 0.3) is 0 Å². The molecular weight excluding hydrogens is 190 g/mol. The van der Waals surface area contributed by atoms with E-state index in [0.717, 1.165) is 13.1 Å². The van der Waals surface area contributed by atoms with Crippen LogP contribution in [0.2, 0.25) is 0 Å². The van der Waals surface area contributed by atoms with Crippen LogP contribution in [-0.4, -0.2) is 49.4 Å². The summed E-state index contributed by atoms with van der Waals surface area (Å²) in [6, 6.07) is 1.90. The van der Waals surface area contributed by atoms with Crippen LogP contribution in [-0.2, 0) is 4.79 Å². The first-order valence-corrected chi connectivity index (χ1v) is 5.26. The van der Waals surface area contributed by atoms with E-state index in [2.05, 4.69) is 13.8 Å². The van der Waals surface area contributed by atoms with E-state index in [4.69, 9.17) is 5.26 Å². The molecule has 0 saturated carbocycles. The molecule has 0 aliphatic carbocycles. The molecule has 0 bridgehead atoms. The van der Waals surface area contributed by atoms with Gasteiger partial charge in [0.2, 0.25) is 5.91 Å². The van der Waals surface area contributed by atoms with E-state index in [1.54, 1.807) is 4.90 Å². The summed E-state index contributed by atoms with van der Waals surface area (Å²) in [6.07, 6.45) is -0.0137. The quantitative estimate of drug-likeness (QED) is 0.657. The Hall–Kier alpha value is -1.08. The van der Waals surface area contributed by atoms with Gasteiger partial charge in [-0.3, -0.25) is 4.79 Å². The van der Waals surface area contributed by atoms with Crippen LogP contribution in [0.5, 0.6) is 0 Å². The molecule has 0 aliphatic heterocycles. The molecular formula is C11H21N3O. The first-order valence-electron chi connectivity index (χ1n) is 5.26. The van der Waals surface area contributed by atoms with Crippen molar-refractivity contribution in [1.29, 1.82) is 5.26 Å². The Morgan fingerprint density at radius 2 is 1.93 bits per heavy atom. The van der Waals surface area contributed by atoms with Crippen molar-refractivity contribution in [3.05, 3.63) is 0 Å². The molecule has 0 rings (SSSR count). The van der Waals surface area contributed by atoms with Crippen molar-refractivity contribution < 1.29 is 4.79 Å². The zero-order valence-corrected chi connectivity index (χ0v) is 10.2. The van der Waals surface area contributed by atoms with E-state index >= 15 is 0 Å². The first-order chi connectivity index (χ1) is 6.97. The number of likely N-dealkylation sites (N-methyl/N-ethyl adjacent to an activating group) is 1. The maximum Gasteiger partial charge on any atom is 0.236 e. The Morgan fingerprint density at radius 1 is 1.33 bits per heavy atom. The van der Waals surface area contributed by atoms with Gasteiger partial charge >= 0.3 is 0 Å². The average molecular weight is 211 g/mol. The minimum Gasteiger partial charge on any atom is -0.340 e.